The lowest BCUT2D eigenvalue weighted by Crippen LogP contribution is -2.12. The Balaban J connectivity index is 2.15. The van der Waals surface area contributed by atoms with Crippen molar-refractivity contribution in [3.8, 4) is 0 Å². The van der Waals surface area contributed by atoms with Gasteiger partial charge in [0.25, 0.3) is 0 Å². The molecular weight excluding hydrogens is 240 g/mol. The van der Waals surface area contributed by atoms with E-state index < -0.39 is 0 Å². The zero-order valence-corrected chi connectivity index (χ0v) is 11.9. The van der Waals surface area contributed by atoms with E-state index in [-0.39, 0.29) is 12.2 Å². The smallest absolute Gasteiger partial charge is 0.0800 e. The average molecular weight is 260 g/mol. The van der Waals surface area contributed by atoms with E-state index in [1.165, 1.54) is 16.3 Å². The summed E-state index contributed by atoms with van der Waals surface area (Å²) in [6.07, 6.45) is 1.37. The molecule has 0 spiro atoms. The molecule has 0 saturated carbocycles. The van der Waals surface area contributed by atoms with Gasteiger partial charge in [-0.3, -0.25) is 0 Å². The van der Waals surface area contributed by atoms with Crippen LogP contribution >= 0.6 is 12.6 Å². The number of hydrogen-bond donors (Lipinski definition) is 1. The predicted octanol–water partition coefficient (Wildman–Crippen LogP) is 4.63. The Labute approximate surface area is 115 Å². The van der Waals surface area contributed by atoms with Gasteiger partial charge in [-0.2, -0.15) is 12.6 Å². The molecule has 0 aliphatic carbocycles. The van der Waals surface area contributed by atoms with E-state index in [4.69, 9.17) is 4.74 Å². The molecule has 0 heterocycles. The van der Waals surface area contributed by atoms with Crippen molar-refractivity contribution < 1.29 is 4.74 Å². The summed E-state index contributed by atoms with van der Waals surface area (Å²) >= 11 is 4.24. The van der Waals surface area contributed by atoms with E-state index in [2.05, 4.69) is 68.9 Å². The number of hydrogen-bond acceptors (Lipinski definition) is 2. The van der Waals surface area contributed by atoms with Crippen molar-refractivity contribution >= 4 is 23.4 Å². The Morgan fingerprint density at radius 2 is 1.78 bits per heavy atom. The van der Waals surface area contributed by atoms with Crippen LogP contribution < -0.4 is 0 Å². The summed E-state index contributed by atoms with van der Waals surface area (Å²) in [5.74, 6) is 0.867. The molecule has 2 rings (SSSR count). The first-order valence-electron chi connectivity index (χ1n) is 6.45. The van der Waals surface area contributed by atoms with Crippen LogP contribution in [0.1, 0.15) is 31.9 Å². The SMILES string of the molecule is CC(CCS)OC(C)c1ccc2ccccc2c1. The highest BCUT2D eigenvalue weighted by molar-refractivity contribution is 7.80. The lowest BCUT2D eigenvalue weighted by molar-refractivity contribution is 0.00622. The minimum absolute atomic E-state index is 0.129. The van der Waals surface area contributed by atoms with Gasteiger partial charge in [-0.25, -0.2) is 0 Å². The van der Waals surface area contributed by atoms with E-state index in [0.717, 1.165) is 12.2 Å². The monoisotopic (exact) mass is 260 g/mol. The zero-order chi connectivity index (χ0) is 13.0. The summed E-state index contributed by atoms with van der Waals surface area (Å²) in [6, 6.07) is 14.9. The summed E-state index contributed by atoms with van der Waals surface area (Å²) in [6.45, 7) is 4.22. The predicted molar refractivity (Wildman–Crippen MR) is 81.4 cm³/mol. The average Bonchev–Trinajstić information content (AvgIpc) is 2.38. The van der Waals surface area contributed by atoms with Gasteiger partial charge in [-0.05, 0) is 48.4 Å². The molecule has 0 saturated heterocycles. The van der Waals surface area contributed by atoms with Crippen LogP contribution in [0, 0.1) is 0 Å². The third-order valence-corrected chi connectivity index (χ3v) is 3.47. The number of fused-ring (bicyclic) bond motifs is 1. The summed E-state index contributed by atoms with van der Waals surface area (Å²) in [7, 11) is 0. The van der Waals surface area contributed by atoms with Crippen molar-refractivity contribution in [3.63, 3.8) is 0 Å². The van der Waals surface area contributed by atoms with Crippen LogP contribution in [0.2, 0.25) is 0 Å². The highest BCUT2D eigenvalue weighted by atomic mass is 32.1. The Bertz CT molecular complexity index is 509. The fourth-order valence-electron chi connectivity index (χ4n) is 2.14. The second kappa shape index (κ2) is 6.26. The maximum absolute atomic E-state index is 5.98. The Hall–Kier alpha value is -0.990. The van der Waals surface area contributed by atoms with E-state index >= 15 is 0 Å². The fraction of sp³-hybridized carbons (Fsp3) is 0.375. The molecule has 2 atom stereocenters. The van der Waals surface area contributed by atoms with Gasteiger partial charge in [-0.1, -0.05) is 36.4 Å². The molecule has 0 fully saturated rings. The van der Waals surface area contributed by atoms with Crippen molar-refractivity contribution in [3.05, 3.63) is 48.0 Å². The molecule has 96 valence electrons. The molecular formula is C16H20OS. The van der Waals surface area contributed by atoms with Gasteiger partial charge in [-0.15, -0.1) is 0 Å². The Morgan fingerprint density at radius 3 is 2.50 bits per heavy atom. The fourth-order valence-corrected chi connectivity index (χ4v) is 2.50. The van der Waals surface area contributed by atoms with Gasteiger partial charge in [0.1, 0.15) is 0 Å². The summed E-state index contributed by atoms with van der Waals surface area (Å²) in [5.41, 5.74) is 1.24. The third-order valence-electron chi connectivity index (χ3n) is 3.21. The van der Waals surface area contributed by atoms with Crippen LogP contribution in [-0.2, 0) is 4.74 Å². The molecule has 0 bridgehead atoms. The van der Waals surface area contributed by atoms with Crippen molar-refractivity contribution in [2.45, 2.75) is 32.5 Å². The molecule has 1 nitrogen and oxygen atoms in total. The lowest BCUT2D eigenvalue weighted by atomic mass is 10.0. The molecule has 0 amide bonds. The molecule has 0 aliphatic heterocycles. The van der Waals surface area contributed by atoms with E-state index in [1.54, 1.807) is 0 Å². The van der Waals surface area contributed by atoms with Crippen molar-refractivity contribution in [2.24, 2.45) is 0 Å². The van der Waals surface area contributed by atoms with Gasteiger partial charge in [0.05, 0.1) is 12.2 Å². The highest BCUT2D eigenvalue weighted by Gasteiger charge is 2.10. The van der Waals surface area contributed by atoms with Crippen LogP contribution in [0.5, 0.6) is 0 Å². The van der Waals surface area contributed by atoms with Gasteiger partial charge in [0.15, 0.2) is 0 Å². The maximum atomic E-state index is 5.98. The molecule has 0 aliphatic rings. The van der Waals surface area contributed by atoms with Crippen LogP contribution in [0.15, 0.2) is 42.5 Å². The van der Waals surface area contributed by atoms with Crippen LogP contribution in [-0.4, -0.2) is 11.9 Å². The quantitative estimate of drug-likeness (QED) is 0.771. The third kappa shape index (κ3) is 3.27. The van der Waals surface area contributed by atoms with Crippen LogP contribution in [0.3, 0.4) is 0 Å². The summed E-state index contributed by atoms with van der Waals surface area (Å²) in [4.78, 5) is 0. The second-order valence-electron chi connectivity index (χ2n) is 4.71. The van der Waals surface area contributed by atoms with Gasteiger partial charge in [0, 0.05) is 0 Å². The molecule has 2 heteroatoms. The molecule has 2 unspecified atom stereocenters. The lowest BCUT2D eigenvalue weighted by Gasteiger charge is -2.19. The first-order valence-corrected chi connectivity index (χ1v) is 7.09. The molecule has 0 radical (unpaired) electrons. The van der Waals surface area contributed by atoms with Gasteiger partial charge < -0.3 is 4.74 Å². The van der Waals surface area contributed by atoms with Crippen molar-refractivity contribution in [2.75, 3.05) is 5.75 Å². The molecule has 18 heavy (non-hydrogen) atoms. The van der Waals surface area contributed by atoms with E-state index in [1.807, 2.05) is 0 Å². The van der Waals surface area contributed by atoms with Crippen molar-refractivity contribution in [1.29, 1.82) is 0 Å². The Morgan fingerprint density at radius 1 is 1.06 bits per heavy atom. The second-order valence-corrected chi connectivity index (χ2v) is 5.16. The topological polar surface area (TPSA) is 9.23 Å². The number of thiol groups is 1. The first kappa shape index (κ1) is 13.4. The van der Waals surface area contributed by atoms with Gasteiger partial charge in [0.2, 0.25) is 0 Å². The minimum atomic E-state index is 0.129. The van der Waals surface area contributed by atoms with Gasteiger partial charge >= 0.3 is 0 Å². The molecule has 2 aromatic rings. The number of rotatable bonds is 5. The van der Waals surface area contributed by atoms with Crippen LogP contribution in [0.25, 0.3) is 10.8 Å². The summed E-state index contributed by atoms with van der Waals surface area (Å²) in [5, 5.41) is 2.55. The normalized spacial score (nSPS) is 14.6. The maximum Gasteiger partial charge on any atom is 0.0800 e. The summed E-state index contributed by atoms with van der Waals surface area (Å²) < 4.78 is 5.98. The molecule has 2 aromatic carbocycles. The number of benzene rings is 2. The number of ether oxygens (including phenoxy) is 1. The van der Waals surface area contributed by atoms with Crippen LogP contribution in [0.4, 0.5) is 0 Å². The molecule has 0 aromatic heterocycles. The van der Waals surface area contributed by atoms with E-state index in [9.17, 15) is 0 Å². The Kier molecular flexibility index (Phi) is 4.67. The highest BCUT2D eigenvalue weighted by Crippen LogP contribution is 2.24. The largest absolute Gasteiger partial charge is 0.371 e. The van der Waals surface area contributed by atoms with E-state index in [0.29, 0.717) is 0 Å². The van der Waals surface area contributed by atoms with Crippen molar-refractivity contribution in [1.82, 2.24) is 0 Å². The molecule has 0 N–H and O–H groups in total. The standard InChI is InChI=1S/C16H20OS/c1-12(9-10-18)17-13(2)15-8-7-14-5-3-4-6-16(14)11-15/h3-8,11-13,18H,9-10H2,1-2H3. The minimum Gasteiger partial charge on any atom is -0.371 e. The first-order chi connectivity index (χ1) is 8.70. The zero-order valence-electron chi connectivity index (χ0n) is 11.0.